The van der Waals surface area contributed by atoms with Crippen molar-refractivity contribution in [1.29, 1.82) is 0 Å². The maximum atomic E-state index is 11.8. The van der Waals surface area contributed by atoms with Crippen LogP contribution in [0.15, 0.2) is 21.6 Å². The Labute approximate surface area is 108 Å². The fourth-order valence-corrected chi connectivity index (χ4v) is 2.11. The van der Waals surface area contributed by atoms with Crippen molar-refractivity contribution < 1.29 is 12.8 Å². The molecule has 0 saturated carbocycles. The fraction of sp³-hybridized carbons (Fsp3) is 0.500. The Morgan fingerprint density at radius 1 is 1.50 bits per heavy atom. The highest BCUT2D eigenvalue weighted by Gasteiger charge is 2.21. The maximum Gasteiger partial charge on any atom is 0.275 e. The molecule has 0 saturated heterocycles. The van der Waals surface area contributed by atoms with Gasteiger partial charge in [0.05, 0.1) is 6.54 Å². The van der Waals surface area contributed by atoms with Crippen LogP contribution in [0.4, 0.5) is 0 Å². The molecule has 0 aliphatic carbocycles. The van der Waals surface area contributed by atoms with Gasteiger partial charge in [0.2, 0.25) is 5.09 Å². The number of nitrogens with one attached hydrogen (secondary N) is 1. The Hall–Kier alpha value is -1.29. The van der Waals surface area contributed by atoms with E-state index in [9.17, 15) is 8.42 Å². The van der Waals surface area contributed by atoms with Gasteiger partial charge >= 0.3 is 0 Å². The van der Waals surface area contributed by atoms with Gasteiger partial charge in [-0.05, 0) is 19.1 Å². The quantitative estimate of drug-likeness (QED) is 0.784. The Morgan fingerprint density at radius 2 is 2.17 bits per heavy atom. The van der Waals surface area contributed by atoms with Crippen molar-refractivity contribution in [1.82, 2.24) is 9.62 Å². The minimum atomic E-state index is -3.50. The van der Waals surface area contributed by atoms with Crippen LogP contribution < -0.4 is 5.32 Å². The summed E-state index contributed by atoms with van der Waals surface area (Å²) in [5.41, 5.74) is 0. The van der Waals surface area contributed by atoms with Crippen molar-refractivity contribution in [3.8, 4) is 12.3 Å². The lowest BCUT2D eigenvalue weighted by molar-refractivity contribution is 0.382. The first-order valence-electron chi connectivity index (χ1n) is 5.56. The lowest BCUT2D eigenvalue weighted by Crippen LogP contribution is -2.24. The number of rotatable bonds is 6. The average molecular weight is 270 g/mol. The van der Waals surface area contributed by atoms with Crippen molar-refractivity contribution in [3.05, 3.63) is 17.9 Å². The van der Waals surface area contributed by atoms with Gasteiger partial charge in [-0.15, -0.1) is 12.3 Å². The smallest absolute Gasteiger partial charge is 0.275 e. The monoisotopic (exact) mass is 270 g/mol. The molecule has 1 N–H and O–H groups in total. The van der Waals surface area contributed by atoms with Gasteiger partial charge in [-0.25, -0.2) is 12.7 Å². The van der Waals surface area contributed by atoms with Crippen LogP contribution >= 0.6 is 0 Å². The van der Waals surface area contributed by atoms with Crippen LogP contribution in [0.5, 0.6) is 0 Å². The molecule has 5 nitrogen and oxygen atoms in total. The van der Waals surface area contributed by atoms with Crippen LogP contribution in [0.1, 0.15) is 19.1 Å². The summed E-state index contributed by atoms with van der Waals surface area (Å²) in [5.74, 6) is 3.12. The molecule has 1 heterocycles. The Bertz CT molecular complexity index is 526. The molecule has 0 aliphatic rings. The molecular formula is C12H18N2O3S. The summed E-state index contributed by atoms with van der Waals surface area (Å²) in [5, 5.41) is 3.10. The lowest BCUT2D eigenvalue weighted by Gasteiger charge is -2.09. The van der Waals surface area contributed by atoms with Gasteiger partial charge in [-0.1, -0.05) is 0 Å². The van der Waals surface area contributed by atoms with E-state index in [-0.39, 0.29) is 11.1 Å². The molecule has 18 heavy (non-hydrogen) atoms. The van der Waals surface area contributed by atoms with Gasteiger partial charge in [0, 0.05) is 26.6 Å². The van der Waals surface area contributed by atoms with Gasteiger partial charge < -0.3 is 9.73 Å². The first-order valence-corrected chi connectivity index (χ1v) is 7.00. The minimum Gasteiger partial charge on any atom is -0.447 e. The molecule has 6 heteroatoms. The van der Waals surface area contributed by atoms with E-state index in [4.69, 9.17) is 10.8 Å². The van der Waals surface area contributed by atoms with E-state index in [2.05, 4.69) is 11.2 Å². The minimum absolute atomic E-state index is 0.0473. The summed E-state index contributed by atoms with van der Waals surface area (Å²) in [4.78, 5) is 0. The first kappa shape index (κ1) is 14.8. The topological polar surface area (TPSA) is 62.6 Å². The number of furan rings is 1. The summed E-state index contributed by atoms with van der Waals surface area (Å²) < 4.78 is 30.0. The van der Waals surface area contributed by atoms with E-state index >= 15 is 0 Å². The van der Waals surface area contributed by atoms with Crippen LogP contribution in [0, 0.1) is 12.3 Å². The second-order valence-electron chi connectivity index (χ2n) is 4.20. The normalized spacial score (nSPS) is 13.5. The zero-order valence-electron chi connectivity index (χ0n) is 10.8. The number of sulfonamides is 1. The molecule has 0 bridgehead atoms. The van der Waals surface area contributed by atoms with E-state index < -0.39 is 10.0 Å². The molecule has 0 aliphatic heterocycles. The summed E-state index contributed by atoms with van der Waals surface area (Å²) in [6.07, 6.45) is 5.81. The summed E-state index contributed by atoms with van der Waals surface area (Å²) in [6, 6.07) is 3.26. The molecule has 1 unspecified atom stereocenters. The summed E-state index contributed by atoms with van der Waals surface area (Å²) in [7, 11) is -0.572. The van der Waals surface area contributed by atoms with Crippen molar-refractivity contribution in [2.75, 3.05) is 14.1 Å². The molecule has 100 valence electrons. The molecule has 0 fully saturated rings. The van der Waals surface area contributed by atoms with Crippen molar-refractivity contribution in [2.24, 2.45) is 0 Å². The molecule has 1 aromatic heterocycles. The molecule has 0 aromatic carbocycles. The van der Waals surface area contributed by atoms with Gasteiger partial charge in [-0.2, -0.15) is 0 Å². The van der Waals surface area contributed by atoms with Crippen molar-refractivity contribution in [3.63, 3.8) is 0 Å². The van der Waals surface area contributed by atoms with Crippen molar-refractivity contribution >= 4 is 10.0 Å². The summed E-state index contributed by atoms with van der Waals surface area (Å²) >= 11 is 0. The fourth-order valence-electron chi connectivity index (χ4n) is 1.30. The maximum absolute atomic E-state index is 11.8. The zero-order chi connectivity index (χ0) is 13.8. The predicted molar refractivity (Wildman–Crippen MR) is 69.3 cm³/mol. The molecule has 0 spiro atoms. The lowest BCUT2D eigenvalue weighted by atomic mass is 10.2. The molecule has 0 radical (unpaired) electrons. The van der Waals surface area contributed by atoms with Gasteiger partial charge in [0.1, 0.15) is 5.76 Å². The van der Waals surface area contributed by atoms with Gasteiger partial charge in [0.15, 0.2) is 0 Å². The molecule has 1 rings (SSSR count). The Balaban J connectivity index is 2.68. The van der Waals surface area contributed by atoms with E-state index in [0.717, 1.165) is 4.31 Å². The highest BCUT2D eigenvalue weighted by Crippen LogP contribution is 2.16. The third-order valence-electron chi connectivity index (χ3n) is 2.42. The highest BCUT2D eigenvalue weighted by atomic mass is 32.2. The van der Waals surface area contributed by atoms with E-state index in [1.165, 1.54) is 20.2 Å². The number of hydrogen-bond acceptors (Lipinski definition) is 4. The van der Waals surface area contributed by atoms with Crippen LogP contribution in [0.25, 0.3) is 0 Å². The molecule has 1 aromatic rings. The SMILES string of the molecule is C#CCC(C)NCc1ccc(S(=O)(=O)N(C)C)o1. The largest absolute Gasteiger partial charge is 0.447 e. The van der Waals surface area contributed by atoms with E-state index in [1.54, 1.807) is 6.07 Å². The zero-order valence-corrected chi connectivity index (χ0v) is 11.6. The molecular weight excluding hydrogens is 252 g/mol. The van der Waals surface area contributed by atoms with Crippen LogP contribution in [-0.2, 0) is 16.6 Å². The van der Waals surface area contributed by atoms with Crippen molar-refractivity contribution in [2.45, 2.75) is 31.0 Å². The number of nitrogens with zero attached hydrogens (tertiary/aromatic N) is 1. The Kier molecular flexibility index (Phi) is 4.96. The average Bonchev–Trinajstić information content (AvgIpc) is 2.75. The number of hydrogen-bond donors (Lipinski definition) is 1. The second kappa shape index (κ2) is 6.05. The third-order valence-corrected chi connectivity index (χ3v) is 4.11. The first-order chi connectivity index (χ1) is 8.37. The van der Waals surface area contributed by atoms with E-state index in [0.29, 0.717) is 18.7 Å². The van der Waals surface area contributed by atoms with Gasteiger partial charge in [0.25, 0.3) is 10.0 Å². The summed E-state index contributed by atoms with van der Waals surface area (Å²) in [6.45, 7) is 2.41. The number of terminal acetylenes is 1. The van der Waals surface area contributed by atoms with E-state index in [1.807, 2.05) is 6.92 Å². The standard InChI is InChI=1S/C12H18N2O3S/c1-5-6-10(2)13-9-11-7-8-12(17-11)18(15,16)14(3)4/h1,7-8,10,13H,6,9H2,2-4H3. The second-order valence-corrected chi connectivity index (χ2v) is 6.28. The van der Waals surface area contributed by atoms with Gasteiger partial charge in [-0.3, -0.25) is 0 Å². The molecule has 1 atom stereocenters. The van der Waals surface area contributed by atoms with Crippen LogP contribution in [0.2, 0.25) is 0 Å². The Morgan fingerprint density at radius 3 is 2.72 bits per heavy atom. The predicted octanol–water partition coefficient (Wildman–Crippen LogP) is 1.03. The molecule has 0 amide bonds. The van der Waals surface area contributed by atoms with Crippen LogP contribution in [0.3, 0.4) is 0 Å². The van der Waals surface area contributed by atoms with Crippen LogP contribution in [-0.4, -0.2) is 32.9 Å². The highest BCUT2D eigenvalue weighted by molar-refractivity contribution is 7.88. The third kappa shape index (κ3) is 3.60.